The van der Waals surface area contributed by atoms with Crippen LogP contribution in [-0.2, 0) is 4.79 Å². The van der Waals surface area contributed by atoms with E-state index in [2.05, 4.69) is 5.32 Å². The van der Waals surface area contributed by atoms with Crippen LogP contribution in [0.2, 0.25) is 0 Å². The molecule has 0 unspecified atom stereocenters. The van der Waals surface area contributed by atoms with Gasteiger partial charge in [0.1, 0.15) is 0 Å². The van der Waals surface area contributed by atoms with Gasteiger partial charge in [-0.15, -0.1) is 0 Å². The van der Waals surface area contributed by atoms with Crippen molar-refractivity contribution in [2.45, 2.75) is 5.92 Å². The van der Waals surface area contributed by atoms with Crippen molar-refractivity contribution < 1.29 is 13.9 Å². The van der Waals surface area contributed by atoms with Gasteiger partial charge in [-0.25, -0.2) is 4.39 Å². The maximum absolute atomic E-state index is 13.5. The summed E-state index contributed by atoms with van der Waals surface area (Å²) in [5.74, 6) is -0.656. The van der Waals surface area contributed by atoms with Gasteiger partial charge < -0.3 is 10.1 Å². The maximum Gasteiger partial charge on any atom is 0.257 e. The zero-order valence-electron chi connectivity index (χ0n) is 14.3. The molecule has 4 heteroatoms. The van der Waals surface area contributed by atoms with E-state index >= 15 is 0 Å². The molecule has 3 aromatic carbocycles. The fourth-order valence-electron chi connectivity index (χ4n) is 2.77. The topological polar surface area (TPSA) is 38.3 Å². The lowest BCUT2D eigenvalue weighted by Crippen LogP contribution is -2.32. The number of benzene rings is 3. The molecule has 1 N–H and O–H groups in total. The molecule has 0 aliphatic carbocycles. The van der Waals surface area contributed by atoms with Crippen LogP contribution in [0.5, 0.6) is 5.75 Å². The molecule has 0 saturated carbocycles. The van der Waals surface area contributed by atoms with Gasteiger partial charge in [-0.2, -0.15) is 0 Å². The van der Waals surface area contributed by atoms with Crippen LogP contribution >= 0.6 is 0 Å². The quantitative estimate of drug-likeness (QED) is 0.696. The predicted octanol–water partition coefficient (Wildman–Crippen LogP) is 4.15. The Labute approximate surface area is 152 Å². The van der Waals surface area contributed by atoms with Crippen molar-refractivity contribution in [2.24, 2.45) is 0 Å². The predicted molar refractivity (Wildman–Crippen MR) is 99.6 cm³/mol. The van der Waals surface area contributed by atoms with Gasteiger partial charge in [-0.3, -0.25) is 4.79 Å². The average Bonchev–Trinajstić information content (AvgIpc) is 2.69. The fourth-order valence-corrected chi connectivity index (χ4v) is 2.77. The third kappa shape index (κ3) is 4.70. The molecule has 1 amide bonds. The van der Waals surface area contributed by atoms with Gasteiger partial charge >= 0.3 is 0 Å². The summed E-state index contributed by atoms with van der Waals surface area (Å²) >= 11 is 0. The Balaban J connectivity index is 1.63. The number of hydrogen-bond acceptors (Lipinski definition) is 2. The van der Waals surface area contributed by atoms with E-state index in [4.69, 9.17) is 4.74 Å². The van der Waals surface area contributed by atoms with Crippen LogP contribution < -0.4 is 10.1 Å². The molecule has 0 spiro atoms. The first-order chi connectivity index (χ1) is 12.7. The second-order valence-electron chi connectivity index (χ2n) is 5.90. The highest BCUT2D eigenvalue weighted by atomic mass is 19.1. The first-order valence-electron chi connectivity index (χ1n) is 8.48. The maximum atomic E-state index is 13.5. The van der Waals surface area contributed by atoms with E-state index in [1.165, 1.54) is 12.1 Å². The Morgan fingerprint density at radius 2 is 1.38 bits per heavy atom. The number of halogens is 1. The van der Waals surface area contributed by atoms with Gasteiger partial charge in [-0.1, -0.05) is 72.8 Å². The molecule has 0 aliphatic rings. The zero-order chi connectivity index (χ0) is 18.2. The van der Waals surface area contributed by atoms with Crippen LogP contribution in [0.4, 0.5) is 4.39 Å². The molecule has 0 radical (unpaired) electrons. The number of rotatable bonds is 7. The van der Waals surface area contributed by atoms with Crippen molar-refractivity contribution in [1.29, 1.82) is 0 Å². The van der Waals surface area contributed by atoms with Crippen molar-refractivity contribution in [3.05, 3.63) is 102 Å². The molecule has 0 bridgehead atoms. The third-order valence-electron chi connectivity index (χ3n) is 4.10. The lowest BCUT2D eigenvalue weighted by molar-refractivity contribution is -0.123. The zero-order valence-corrected chi connectivity index (χ0v) is 14.3. The Bertz CT molecular complexity index is 798. The molecule has 3 nitrogen and oxygen atoms in total. The van der Waals surface area contributed by atoms with Crippen LogP contribution in [0.25, 0.3) is 0 Å². The van der Waals surface area contributed by atoms with E-state index in [-0.39, 0.29) is 24.2 Å². The van der Waals surface area contributed by atoms with E-state index < -0.39 is 5.82 Å². The SMILES string of the molecule is O=C(COc1ccccc1F)NCC(c1ccccc1)c1ccccc1. The van der Waals surface area contributed by atoms with E-state index in [0.717, 1.165) is 11.1 Å². The number of carbonyl (C=O) groups is 1. The highest BCUT2D eigenvalue weighted by Gasteiger charge is 2.15. The van der Waals surface area contributed by atoms with Crippen LogP contribution in [0.3, 0.4) is 0 Å². The highest BCUT2D eigenvalue weighted by Crippen LogP contribution is 2.23. The normalized spacial score (nSPS) is 10.5. The fraction of sp³-hybridized carbons (Fsp3) is 0.136. The Morgan fingerprint density at radius 3 is 1.96 bits per heavy atom. The minimum Gasteiger partial charge on any atom is -0.481 e. The molecule has 26 heavy (non-hydrogen) atoms. The molecule has 0 aromatic heterocycles. The average molecular weight is 349 g/mol. The Hall–Kier alpha value is -3.14. The van der Waals surface area contributed by atoms with Crippen LogP contribution in [0, 0.1) is 5.82 Å². The molecule has 132 valence electrons. The summed E-state index contributed by atoms with van der Waals surface area (Å²) in [4.78, 5) is 12.1. The Kier molecular flexibility index (Phi) is 5.99. The molecule has 0 atom stereocenters. The van der Waals surface area contributed by atoms with E-state index in [1.807, 2.05) is 60.7 Å². The number of nitrogens with one attached hydrogen (secondary N) is 1. The summed E-state index contributed by atoms with van der Waals surface area (Å²) in [6.07, 6.45) is 0. The molecule has 0 fully saturated rings. The van der Waals surface area contributed by atoms with Crippen LogP contribution in [0.15, 0.2) is 84.9 Å². The van der Waals surface area contributed by atoms with Crippen molar-refractivity contribution in [3.63, 3.8) is 0 Å². The molecular formula is C22H20FNO2. The summed E-state index contributed by atoms with van der Waals surface area (Å²) in [6.45, 7) is 0.213. The smallest absolute Gasteiger partial charge is 0.257 e. The summed E-state index contributed by atoms with van der Waals surface area (Å²) in [7, 11) is 0. The first-order valence-corrected chi connectivity index (χ1v) is 8.48. The van der Waals surface area contributed by atoms with E-state index in [1.54, 1.807) is 12.1 Å². The van der Waals surface area contributed by atoms with Crippen molar-refractivity contribution in [3.8, 4) is 5.75 Å². The second kappa shape index (κ2) is 8.81. The third-order valence-corrected chi connectivity index (χ3v) is 4.10. The summed E-state index contributed by atoms with van der Waals surface area (Å²) in [5, 5.41) is 2.88. The summed E-state index contributed by atoms with van der Waals surface area (Å²) in [6, 6.07) is 26.1. The van der Waals surface area contributed by atoms with E-state index in [9.17, 15) is 9.18 Å². The summed E-state index contributed by atoms with van der Waals surface area (Å²) in [5.41, 5.74) is 2.24. The van der Waals surface area contributed by atoms with Gasteiger partial charge in [0.2, 0.25) is 0 Å². The molecule has 3 aromatic rings. The minimum absolute atomic E-state index is 0.0369. The van der Waals surface area contributed by atoms with Crippen molar-refractivity contribution >= 4 is 5.91 Å². The van der Waals surface area contributed by atoms with E-state index in [0.29, 0.717) is 6.54 Å². The molecule has 0 heterocycles. The number of para-hydroxylation sites is 1. The molecule has 3 rings (SSSR count). The largest absolute Gasteiger partial charge is 0.481 e. The summed E-state index contributed by atoms with van der Waals surface area (Å²) < 4.78 is 18.8. The Morgan fingerprint density at radius 1 is 0.846 bits per heavy atom. The number of amides is 1. The van der Waals surface area contributed by atoms with Gasteiger partial charge in [0.25, 0.3) is 5.91 Å². The molecule has 0 saturated heterocycles. The van der Waals surface area contributed by atoms with Crippen molar-refractivity contribution in [2.75, 3.05) is 13.2 Å². The molecular weight excluding hydrogens is 329 g/mol. The number of ether oxygens (including phenoxy) is 1. The minimum atomic E-state index is -0.480. The highest BCUT2D eigenvalue weighted by molar-refractivity contribution is 5.77. The second-order valence-corrected chi connectivity index (χ2v) is 5.90. The van der Waals surface area contributed by atoms with Crippen LogP contribution in [-0.4, -0.2) is 19.1 Å². The monoisotopic (exact) mass is 349 g/mol. The lowest BCUT2D eigenvalue weighted by Gasteiger charge is -2.19. The standard InChI is InChI=1S/C22H20FNO2/c23-20-13-7-8-14-21(20)26-16-22(25)24-15-19(17-9-3-1-4-10-17)18-11-5-2-6-12-18/h1-14,19H,15-16H2,(H,24,25). The molecule has 0 aliphatic heterocycles. The number of carbonyl (C=O) groups excluding carboxylic acids is 1. The van der Waals surface area contributed by atoms with Crippen molar-refractivity contribution in [1.82, 2.24) is 5.32 Å². The van der Waals surface area contributed by atoms with Crippen LogP contribution in [0.1, 0.15) is 17.0 Å². The van der Waals surface area contributed by atoms with Gasteiger partial charge in [0, 0.05) is 12.5 Å². The lowest BCUT2D eigenvalue weighted by atomic mass is 9.91. The van der Waals surface area contributed by atoms with Gasteiger partial charge in [-0.05, 0) is 23.3 Å². The number of hydrogen-bond donors (Lipinski definition) is 1. The van der Waals surface area contributed by atoms with Gasteiger partial charge in [0.15, 0.2) is 18.2 Å². The van der Waals surface area contributed by atoms with Gasteiger partial charge in [0.05, 0.1) is 0 Å². The first kappa shape index (κ1) is 17.7.